The SMILES string of the molecule is COc1cccc(-c2ccc(F)cc2COC2CCNC2)c1. The largest absolute Gasteiger partial charge is 0.497 e. The standard InChI is InChI=1S/C18H20FNO2/c1-21-16-4-2-3-13(10-16)18-6-5-15(19)9-14(18)12-22-17-7-8-20-11-17/h2-6,9-10,17,20H,7-8,11-12H2,1H3. The molecule has 2 aromatic carbocycles. The number of rotatable bonds is 5. The fourth-order valence-electron chi connectivity index (χ4n) is 2.73. The number of halogens is 1. The Morgan fingerprint density at radius 2 is 2.14 bits per heavy atom. The maximum atomic E-state index is 13.6. The van der Waals surface area contributed by atoms with Gasteiger partial charge in [-0.1, -0.05) is 18.2 Å². The summed E-state index contributed by atoms with van der Waals surface area (Å²) in [6.07, 6.45) is 1.21. The molecule has 0 bridgehead atoms. The maximum absolute atomic E-state index is 13.6. The minimum absolute atomic E-state index is 0.210. The number of hydrogen-bond donors (Lipinski definition) is 1. The molecule has 0 spiro atoms. The molecule has 1 saturated heterocycles. The van der Waals surface area contributed by atoms with Gasteiger partial charge in [-0.25, -0.2) is 4.39 Å². The second kappa shape index (κ2) is 6.90. The zero-order valence-electron chi connectivity index (χ0n) is 12.6. The van der Waals surface area contributed by atoms with E-state index in [9.17, 15) is 4.39 Å². The molecule has 0 amide bonds. The van der Waals surface area contributed by atoms with Crippen molar-refractivity contribution in [3.8, 4) is 16.9 Å². The predicted octanol–water partition coefficient (Wildman–Crippen LogP) is 3.38. The first kappa shape index (κ1) is 15.0. The molecule has 1 N–H and O–H groups in total. The quantitative estimate of drug-likeness (QED) is 0.918. The highest BCUT2D eigenvalue weighted by molar-refractivity contribution is 5.68. The maximum Gasteiger partial charge on any atom is 0.123 e. The minimum atomic E-state index is -0.241. The van der Waals surface area contributed by atoms with E-state index in [0.29, 0.717) is 6.61 Å². The van der Waals surface area contributed by atoms with Crippen molar-refractivity contribution in [1.82, 2.24) is 5.32 Å². The molecular weight excluding hydrogens is 281 g/mol. The van der Waals surface area contributed by atoms with E-state index >= 15 is 0 Å². The summed E-state index contributed by atoms with van der Waals surface area (Å²) in [7, 11) is 1.64. The first-order valence-electron chi connectivity index (χ1n) is 7.51. The Morgan fingerprint density at radius 3 is 2.91 bits per heavy atom. The monoisotopic (exact) mass is 301 g/mol. The third-order valence-electron chi connectivity index (χ3n) is 3.94. The van der Waals surface area contributed by atoms with Crippen LogP contribution >= 0.6 is 0 Å². The zero-order valence-corrected chi connectivity index (χ0v) is 12.6. The molecule has 1 fully saturated rings. The molecule has 1 aliphatic heterocycles. The molecule has 0 radical (unpaired) electrons. The van der Waals surface area contributed by atoms with E-state index in [1.807, 2.05) is 24.3 Å². The van der Waals surface area contributed by atoms with Crippen molar-refractivity contribution in [2.45, 2.75) is 19.1 Å². The van der Waals surface area contributed by atoms with Gasteiger partial charge in [-0.2, -0.15) is 0 Å². The zero-order chi connectivity index (χ0) is 15.4. The summed E-state index contributed by atoms with van der Waals surface area (Å²) in [5.41, 5.74) is 2.84. The highest BCUT2D eigenvalue weighted by Crippen LogP contribution is 2.28. The van der Waals surface area contributed by atoms with Crippen LogP contribution in [-0.4, -0.2) is 26.3 Å². The van der Waals surface area contributed by atoms with Crippen LogP contribution in [0.4, 0.5) is 4.39 Å². The van der Waals surface area contributed by atoms with E-state index in [-0.39, 0.29) is 11.9 Å². The van der Waals surface area contributed by atoms with Gasteiger partial charge in [-0.3, -0.25) is 0 Å². The molecule has 1 heterocycles. The third-order valence-corrected chi connectivity index (χ3v) is 3.94. The molecular formula is C18H20FNO2. The molecule has 0 saturated carbocycles. The Bertz CT molecular complexity index is 639. The van der Waals surface area contributed by atoms with Gasteiger partial charge in [0.25, 0.3) is 0 Å². The second-order valence-electron chi connectivity index (χ2n) is 5.46. The predicted molar refractivity (Wildman–Crippen MR) is 84.5 cm³/mol. The third kappa shape index (κ3) is 3.46. The Labute approximate surface area is 130 Å². The lowest BCUT2D eigenvalue weighted by Gasteiger charge is -2.14. The lowest BCUT2D eigenvalue weighted by Crippen LogP contribution is -2.16. The van der Waals surface area contributed by atoms with Crippen LogP contribution in [0.2, 0.25) is 0 Å². The number of ether oxygens (including phenoxy) is 2. The Hall–Kier alpha value is -1.91. The normalized spacial score (nSPS) is 17.6. The summed E-state index contributed by atoms with van der Waals surface area (Å²) in [6, 6.07) is 12.6. The molecule has 0 aromatic heterocycles. The van der Waals surface area contributed by atoms with E-state index in [4.69, 9.17) is 9.47 Å². The van der Waals surface area contributed by atoms with Gasteiger partial charge in [0.05, 0.1) is 19.8 Å². The smallest absolute Gasteiger partial charge is 0.123 e. The van der Waals surface area contributed by atoms with Crippen LogP contribution < -0.4 is 10.1 Å². The average molecular weight is 301 g/mol. The average Bonchev–Trinajstić information content (AvgIpc) is 3.06. The fraction of sp³-hybridized carbons (Fsp3) is 0.333. The molecule has 4 heteroatoms. The summed E-state index contributed by atoms with van der Waals surface area (Å²) >= 11 is 0. The van der Waals surface area contributed by atoms with Crippen LogP contribution in [0.15, 0.2) is 42.5 Å². The molecule has 1 aliphatic rings. The van der Waals surface area contributed by atoms with E-state index in [0.717, 1.165) is 42.0 Å². The van der Waals surface area contributed by atoms with Gasteiger partial charge in [-0.05, 0) is 53.9 Å². The van der Waals surface area contributed by atoms with Crippen molar-refractivity contribution in [2.24, 2.45) is 0 Å². The fourth-order valence-corrected chi connectivity index (χ4v) is 2.73. The number of benzene rings is 2. The van der Waals surface area contributed by atoms with Crippen LogP contribution in [0.5, 0.6) is 5.75 Å². The van der Waals surface area contributed by atoms with Crippen molar-refractivity contribution in [3.05, 3.63) is 53.8 Å². The van der Waals surface area contributed by atoms with E-state index < -0.39 is 0 Å². The molecule has 3 nitrogen and oxygen atoms in total. The van der Waals surface area contributed by atoms with Crippen molar-refractivity contribution in [3.63, 3.8) is 0 Å². The number of methoxy groups -OCH3 is 1. The van der Waals surface area contributed by atoms with Crippen LogP contribution in [0.1, 0.15) is 12.0 Å². The van der Waals surface area contributed by atoms with Gasteiger partial charge < -0.3 is 14.8 Å². The van der Waals surface area contributed by atoms with Crippen molar-refractivity contribution in [2.75, 3.05) is 20.2 Å². The molecule has 1 unspecified atom stereocenters. The Balaban J connectivity index is 1.85. The van der Waals surface area contributed by atoms with E-state index in [2.05, 4.69) is 5.32 Å². The summed E-state index contributed by atoms with van der Waals surface area (Å²) in [4.78, 5) is 0. The van der Waals surface area contributed by atoms with Crippen LogP contribution in [-0.2, 0) is 11.3 Å². The van der Waals surface area contributed by atoms with E-state index in [1.54, 1.807) is 19.2 Å². The van der Waals surface area contributed by atoms with Gasteiger partial charge in [0, 0.05) is 6.54 Å². The van der Waals surface area contributed by atoms with Crippen LogP contribution in [0.25, 0.3) is 11.1 Å². The summed E-state index contributed by atoms with van der Waals surface area (Å²) < 4.78 is 24.8. The Kier molecular flexibility index (Phi) is 4.71. The molecule has 2 aromatic rings. The van der Waals surface area contributed by atoms with Gasteiger partial charge in [0.2, 0.25) is 0 Å². The second-order valence-corrected chi connectivity index (χ2v) is 5.46. The summed E-state index contributed by atoms with van der Waals surface area (Å²) in [5, 5.41) is 3.27. The van der Waals surface area contributed by atoms with Crippen LogP contribution in [0, 0.1) is 5.82 Å². The molecule has 0 aliphatic carbocycles. The van der Waals surface area contributed by atoms with Crippen molar-refractivity contribution in [1.29, 1.82) is 0 Å². The number of hydrogen-bond acceptors (Lipinski definition) is 3. The minimum Gasteiger partial charge on any atom is -0.497 e. The molecule has 3 rings (SSSR count). The molecule has 116 valence electrons. The Morgan fingerprint density at radius 1 is 1.23 bits per heavy atom. The highest BCUT2D eigenvalue weighted by Gasteiger charge is 2.16. The first-order valence-corrected chi connectivity index (χ1v) is 7.51. The summed E-state index contributed by atoms with van der Waals surface area (Å²) in [6.45, 7) is 2.26. The molecule has 1 atom stereocenters. The van der Waals surface area contributed by atoms with Gasteiger partial charge in [0.15, 0.2) is 0 Å². The van der Waals surface area contributed by atoms with Gasteiger partial charge in [-0.15, -0.1) is 0 Å². The van der Waals surface area contributed by atoms with Gasteiger partial charge in [0.1, 0.15) is 11.6 Å². The molecule has 22 heavy (non-hydrogen) atoms. The topological polar surface area (TPSA) is 30.5 Å². The lowest BCUT2D eigenvalue weighted by atomic mass is 9.99. The van der Waals surface area contributed by atoms with E-state index in [1.165, 1.54) is 6.07 Å². The lowest BCUT2D eigenvalue weighted by molar-refractivity contribution is 0.0543. The summed E-state index contributed by atoms with van der Waals surface area (Å²) in [5.74, 6) is 0.545. The number of nitrogens with one attached hydrogen (secondary N) is 1. The van der Waals surface area contributed by atoms with Crippen molar-refractivity contribution < 1.29 is 13.9 Å². The first-order chi connectivity index (χ1) is 10.8. The highest BCUT2D eigenvalue weighted by atomic mass is 19.1. The van der Waals surface area contributed by atoms with Crippen molar-refractivity contribution >= 4 is 0 Å². The van der Waals surface area contributed by atoms with Crippen LogP contribution in [0.3, 0.4) is 0 Å². The van der Waals surface area contributed by atoms with Gasteiger partial charge >= 0.3 is 0 Å².